The van der Waals surface area contributed by atoms with Crippen molar-refractivity contribution in [1.82, 2.24) is 20.3 Å². The summed E-state index contributed by atoms with van der Waals surface area (Å²) in [4.78, 5) is 11.9. The van der Waals surface area contributed by atoms with Crippen molar-refractivity contribution in [3.8, 4) is 28.2 Å². The molecule has 38 heavy (non-hydrogen) atoms. The normalized spacial score (nSPS) is 16.2. The molecule has 0 spiro atoms. The van der Waals surface area contributed by atoms with Gasteiger partial charge in [-0.1, -0.05) is 54.3 Å². The van der Waals surface area contributed by atoms with E-state index in [1.54, 1.807) is 20.5 Å². The second kappa shape index (κ2) is 12.0. The average molecular weight is 511 g/mol. The Bertz CT molecular complexity index is 1400. The van der Waals surface area contributed by atoms with Gasteiger partial charge in [-0.05, 0) is 49.4 Å². The second-order valence-corrected chi connectivity index (χ2v) is 9.68. The molecule has 3 heterocycles. The molecule has 5 rings (SSSR count). The Labute approximate surface area is 223 Å². The van der Waals surface area contributed by atoms with Crippen molar-refractivity contribution in [2.45, 2.75) is 25.7 Å². The number of fused-ring (bicyclic) bond motifs is 1. The van der Waals surface area contributed by atoms with Crippen molar-refractivity contribution in [3.05, 3.63) is 78.9 Å². The van der Waals surface area contributed by atoms with E-state index in [9.17, 15) is 0 Å². The summed E-state index contributed by atoms with van der Waals surface area (Å²) in [7, 11) is 3.32. The molecule has 8 heteroatoms. The van der Waals surface area contributed by atoms with Gasteiger partial charge in [0.15, 0.2) is 0 Å². The van der Waals surface area contributed by atoms with Crippen LogP contribution in [-0.4, -0.2) is 48.7 Å². The summed E-state index contributed by atoms with van der Waals surface area (Å²) in [5.74, 6) is 2.13. The van der Waals surface area contributed by atoms with E-state index in [1.165, 1.54) is 12.8 Å². The maximum absolute atomic E-state index is 6.42. The molecule has 1 aliphatic heterocycles. The SMILES string of the molecule is C=C(CCN1CCC[C@@H](Cc2ncnc3oc(-c4ccccc4)c(-c4ccc(OC)cc4)c23)C1)NN=NC. The van der Waals surface area contributed by atoms with Crippen molar-refractivity contribution in [2.75, 3.05) is 33.8 Å². The topological polar surface area (TPSA) is 88.1 Å². The number of nitrogens with one attached hydrogen (secondary N) is 1. The van der Waals surface area contributed by atoms with E-state index < -0.39 is 0 Å². The fraction of sp³-hybridized carbons (Fsp3) is 0.333. The van der Waals surface area contributed by atoms with Crippen LogP contribution < -0.4 is 10.2 Å². The molecule has 0 unspecified atom stereocenters. The lowest BCUT2D eigenvalue weighted by Crippen LogP contribution is -2.37. The van der Waals surface area contributed by atoms with Gasteiger partial charge >= 0.3 is 0 Å². The third-order valence-corrected chi connectivity index (χ3v) is 7.10. The van der Waals surface area contributed by atoms with Gasteiger partial charge in [0, 0.05) is 36.3 Å². The van der Waals surface area contributed by atoms with Crippen LogP contribution in [0.25, 0.3) is 33.6 Å². The second-order valence-electron chi connectivity index (χ2n) is 9.68. The van der Waals surface area contributed by atoms with E-state index in [0.29, 0.717) is 11.6 Å². The van der Waals surface area contributed by atoms with Crippen LogP contribution in [0.3, 0.4) is 0 Å². The highest BCUT2D eigenvalue weighted by Gasteiger charge is 2.26. The fourth-order valence-corrected chi connectivity index (χ4v) is 5.24. The lowest BCUT2D eigenvalue weighted by Gasteiger charge is -2.32. The molecule has 1 aliphatic rings. The summed E-state index contributed by atoms with van der Waals surface area (Å²) in [6.45, 7) is 7.11. The summed E-state index contributed by atoms with van der Waals surface area (Å²) in [5.41, 5.74) is 8.53. The molecule has 1 saturated heterocycles. The van der Waals surface area contributed by atoms with E-state index in [-0.39, 0.29) is 0 Å². The van der Waals surface area contributed by atoms with E-state index in [2.05, 4.69) is 56.5 Å². The van der Waals surface area contributed by atoms with Crippen LogP contribution in [0.4, 0.5) is 0 Å². The van der Waals surface area contributed by atoms with Gasteiger partial charge < -0.3 is 14.1 Å². The number of hydrogen-bond acceptors (Lipinski definition) is 7. The van der Waals surface area contributed by atoms with Crippen LogP contribution in [0, 0.1) is 5.92 Å². The van der Waals surface area contributed by atoms with Crippen molar-refractivity contribution in [3.63, 3.8) is 0 Å². The number of furan rings is 1. The fourth-order valence-electron chi connectivity index (χ4n) is 5.24. The molecular weight excluding hydrogens is 476 g/mol. The molecule has 1 N–H and O–H groups in total. The molecule has 0 saturated carbocycles. The van der Waals surface area contributed by atoms with Gasteiger partial charge in [0.25, 0.3) is 0 Å². The Morgan fingerprint density at radius 1 is 1.13 bits per heavy atom. The number of methoxy groups -OCH3 is 1. The lowest BCUT2D eigenvalue weighted by atomic mass is 9.90. The Morgan fingerprint density at radius 3 is 2.71 bits per heavy atom. The third kappa shape index (κ3) is 5.75. The molecule has 1 atom stereocenters. The molecule has 0 radical (unpaired) electrons. The van der Waals surface area contributed by atoms with Gasteiger partial charge in [0.1, 0.15) is 17.8 Å². The number of nitrogens with zero attached hydrogens (tertiary/aromatic N) is 5. The van der Waals surface area contributed by atoms with E-state index >= 15 is 0 Å². The molecule has 2 aromatic heterocycles. The third-order valence-electron chi connectivity index (χ3n) is 7.10. The van der Waals surface area contributed by atoms with Crippen LogP contribution in [0.15, 0.2) is 88.0 Å². The zero-order valence-corrected chi connectivity index (χ0v) is 22.1. The first kappa shape index (κ1) is 25.6. The van der Waals surface area contributed by atoms with Crippen molar-refractivity contribution in [2.24, 2.45) is 16.3 Å². The number of rotatable bonds is 10. The summed E-state index contributed by atoms with van der Waals surface area (Å²) >= 11 is 0. The van der Waals surface area contributed by atoms with Gasteiger partial charge in [-0.25, -0.2) is 9.97 Å². The Hall–Kier alpha value is -4.04. The van der Waals surface area contributed by atoms with Gasteiger partial charge in [-0.3, -0.25) is 5.43 Å². The van der Waals surface area contributed by atoms with E-state index in [0.717, 1.165) is 77.5 Å². The van der Waals surface area contributed by atoms with Gasteiger partial charge in [0.2, 0.25) is 5.71 Å². The highest BCUT2D eigenvalue weighted by Crippen LogP contribution is 2.42. The Morgan fingerprint density at radius 2 is 1.95 bits per heavy atom. The van der Waals surface area contributed by atoms with Crippen LogP contribution in [-0.2, 0) is 6.42 Å². The van der Waals surface area contributed by atoms with Gasteiger partial charge in [-0.2, -0.15) is 5.11 Å². The highest BCUT2D eigenvalue weighted by molar-refractivity contribution is 6.01. The molecule has 4 aromatic rings. The first-order chi connectivity index (χ1) is 18.7. The molecule has 2 aromatic carbocycles. The number of piperidine rings is 1. The molecule has 0 aliphatic carbocycles. The summed E-state index contributed by atoms with van der Waals surface area (Å²) < 4.78 is 11.8. The van der Waals surface area contributed by atoms with Crippen LogP contribution in [0.1, 0.15) is 25.0 Å². The smallest absolute Gasteiger partial charge is 0.230 e. The van der Waals surface area contributed by atoms with E-state index in [4.69, 9.17) is 14.1 Å². The Kier molecular flexibility index (Phi) is 8.09. The maximum Gasteiger partial charge on any atom is 0.230 e. The first-order valence-corrected chi connectivity index (χ1v) is 13.1. The number of hydrogen-bond donors (Lipinski definition) is 1. The van der Waals surface area contributed by atoms with Crippen molar-refractivity contribution < 1.29 is 9.15 Å². The predicted molar refractivity (Wildman–Crippen MR) is 150 cm³/mol. The minimum Gasteiger partial charge on any atom is -0.497 e. The van der Waals surface area contributed by atoms with Crippen molar-refractivity contribution in [1.29, 1.82) is 0 Å². The molecule has 0 amide bonds. The summed E-state index contributed by atoms with van der Waals surface area (Å²) in [5, 5.41) is 8.55. The van der Waals surface area contributed by atoms with Crippen LogP contribution in [0.2, 0.25) is 0 Å². The van der Waals surface area contributed by atoms with Crippen LogP contribution in [0.5, 0.6) is 5.75 Å². The minimum absolute atomic E-state index is 0.497. The zero-order valence-electron chi connectivity index (χ0n) is 22.1. The number of benzene rings is 2. The highest BCUT2D eigenvalue weighted by atomic mass is 16.5. The molecule has 0 bridgehead atoms. The van der Waals surface area contributed by atoms with Crippen LogP contribution >= 0.6 is 0 Å². The number of ether oxygens (including phenoxy) is 1. The van der Waals surface area contributed by atoms with E-state index in [1.807, 2.05) is 30.3 Å². The zero-order chi connectivity index (χ0) is 26.3. The number of likely N-dealkylation sites (tertiary alicyclic amines) is 1. The molecular formula is C30H34N6O2. The first-order valence-electron chi connectivity index (χ1n) is 13.1. The summed E-state index contributed by atoms with van der Waals surface area (Å²) in [6, 6.07) is 18.3. The Balaban J connectivity index is 1.45. The summed E-state index contributed by atoms with van der Waals surface area (Å²) in [6.07, 6.45) is 5.68. The van der Waals surface area contributed by atoms with Gasteiger partial charge in [-0.15, -0.1) is 0 Å². The molecule has 1 fully saturated rings. The number of aromatic nitrogens is 2. The largest absolute Gasteiger partial charge is 0.497 e. The predicted octanol–water partition coefficient (Wildman–Crippen LogP) is 6.31. The van der Waals surface area contributed by atoms with Crippen molar-refractivity contribution >= 4 is 11.1 Å². The lowest BCUT2D eigenvalue weighted by molar-refractivity contribution is 0.175. The quantitative estimate of drug-likeness (QED) is 0.199. The van der Waals surface area contributed by atoms with Gasteiger partial charge in [0.05, 0.1) is 25.2 Å². The monoisotopic (exact) mass is 510 g/mol. The molecule has 8 nitrogen and oxygen atoms in total. The standard InChI is InChI=1S/C30H34N6O2/c1-21(34-35-31-2)15-17-36-16-7-8-22(19-36)18-26-28-27(23-11-13-25(37-3)14-12-23)29(24-9-5-4-6-10-24)38-30(28)33-20-32-26/h4-6,9-14,20,22H,1,7-8,15-19H2,2-3H3,(H,31,34)/t22-/m0/s1. The molecule has 196 valence electrons. The average Bonchev–Trinajstić information content (AvgIpc) is 3.36. The minimum atomic E-state index is 0.497. The maximum atomic E-state index is 6.42.